The summed E-state index contributed by atoms with van der Waals surface area (Å²) in [7, 11) is 0. The maximum absolute atomic E-state index is 10.1. The van der Waals surface area contributed by atoms with Gasteiger partial charge >= 0.3 is 0 Å². The molecule has 3 aromatic heterocycles. The number of hydrogen-bond acceptors (Lipinski definition) is 5. The van der Waals surface area contributed by atoms with Gasteiger partial charge in [0.2, 0.25) is 0 Å². The minimum atomic E-state index is -0.842. The maximum atomic E-state index is 10.1. The minimum Gasteiger partial charge on any atom is -0.310 e. The van der Waals surface area contributed by atoms with Crippen LogP contribution < -0.4 is 26.2 Å². The summed E-state index contributed by atoms with van der Waals surface area (Å²) in [6.07, 6.45) is 0. The molecule has 0 atom stereocenters. The van der Waals surface area contributed by atoms with E-state index in [2.05, 4.69) is 272 Å². The molecule has 15 aromatic carbocycles. The Morgan fingerprint density at radius 3 is 1.04 bits per heavy atom. The van der Waals surface area contributed by atoms with Crippen LogP contribution in [0.1, 0.15) is 183 Å². The first-order valence-electron chi connectivity index (χ1n) is 52.0. The van der Waals surface area contributed by atoms with Crippen LogP contribution in [0.5, 0.6) is 0 Å². The van der Waals surface area contributed by atoms with Crippen molar-refractivity contribution in [3.63, 3.8) is 0 Å². The van der Waals surface area contributed by atoms with Gasteiger partial charge < -0.3 is 18.9 Å². The number of benzene rings is 15. The normalized spacial score (nSPS) is 15.2. The van der Waals surface area contributed by atoms with Crippen molar-refractivity contribution in [2.24, 2.45) is 0 Å². The Bertz CT molecular complexity index is 8120. The van der Waals surface area contributed by atoms with E-state index < -0.39 is 149 Å². The summed E-state index contributed by atoms with van der Waals surface area (Å²) in [4.78, 5) is 20.5. The monoisotopic (exact) mass is 1640 g/mol. The lowest BCUT2D eigenvalue weighted by atomic mass is 9.33. The van der Waals surface area contributed by atoms with Crippen molar-refractivity contribution >= 4 is 101 Å². The van der Waals surface area contributed by atoms with Gasteiger partial charge in [0.25, 0.3) is 6.71 Å². The van der Waals surface area contributed by atoms with E-state index in [9.17, 15) is 21.9 Å². The standard InChI is InChI=1S/C117H108BN7/c1-112(2,3)80-53-58-100-93(64-80)94-65-81(113(4,5)6)54-59-101(94)123(100)87-71-104-106-105(72-87)125(107-90(73-38-24-19-25-39-73)66-84(116(13,14)15)67-91(107)74-40-26-20-27-41-74)103-70-86(122-98-50-36-34-48-88(98)89-49-35-37-51-99(89)122)55-57-97(103)118(106)96-56-52-78(79-60-82(114(7,8)9)63-83(61-79)115(10,11)12)62-102(96)124(104)108-92(75-42-28-21-29-43-75)68-85(117(16,17)18)69-95(108)111-120-109(76-44-30-22-31-45-76)119-110(121-111)77-46-32-23-33-47-77/h19-72H,1-18H3/i22D,23D,30D,31D,32D,33D,34D,35D,36D,37D,44D,45D,46D,47D,48D,49D,50D,51D. The highest BCUT2D eigenvalue weighted by molar-refractivity contribution is 7.00. The summed E-state index contributed by atoms with van der Waals surface area (Å²) in [6.45, 7) is 38.6. The molecule has 0 saturated heterocycles. The average molecular weight is 1640 g/mol. The zero-order valence-corrected chi connectivity index (χ0v) is 74.0. The molecule has 0 N–H and O–H groups in total. The predicted molar refractivity (Wildman–Crippen MR) is 533 cm³/mol. The fraction of sp³-hybridized carbons (Fsp3) is 0.205. The quantitative estimate of drug-likeness (QED) is 0.121. The zero-order chi connectivity index (χ0) is 102. The molecule has 0 spiro atoms. The van der Waals surface area contributed by atoms with Crippen molar-refractivity contribution in [1.29, 1.82) is 0 Å². The number of para-hydroxylation sites is 2. The van der Waals surface area contributed by atoms with E-state index in [4.69, 9.17) is 17.7 Å². The maximum Gasteiger partial charge on any atom is 0.252 e. The molecule has 7 nitrogen and oxygen atoms in total. The van der Waals surface area contributed by atoms with Crippen molar-refractivity contribution < 1.29 is 24.7 Å². The second-order valence-electron chi connectivity index (χ2n) is 39.6. The van der Waals surface area contributed by atoms with Gasteiger partial charge in [0.15, 0.2) is 17.5 Å². The van der Waals surface area contributed by atoms with Crippen LogP contribution in [-0.2, 0) is 32.5 Å². The van der Waals surface area contributed by atoms with Crippen LogP contribution in [-0.4, -0.2) is 30.8 Å². The van der Waals surface area contributed by atoms with Crippen LogP contribution in [0.4, 0.5) is 34.1 Å². The second-order valence-corrected chi connectivity index (χ2v) is 39.6. The van der Waals surface area contributed by atoms with Gasteiger partial charge in [0.05, 0.1) is 63.8 Å². The predicted octanol–water partition coefficient (Wildman–Crippen LogP) is 29.6. The molecule has 0 amide bonds. The number of hydrogen-bond donors (Lipinski definition) is 0. The van der Waals surface area contributed by atoms with Gasteiger partial charge in [-0.05, 0) is 201 Å². The molecule has 2 aliphatic rings. The van der Waals surface area contributed by atoms with Crippen LogP contribution in [0.25, 0.3) is 134 Å². The van der Waals surface area contributed by atoms with Gasteiger partial charge in [-0.1, -0.05) is 361 Å². The van der Waals surface area contributed by atoms with Crippen LogP contribution in [0.2, 0.25) is 0 Å². The first-order valence-corrected chi connectivity index (χ1v) is 43.0. The number of rotatable bonds is 11. The molecule has 0 radical (unpaired) electrons. The second kappa shape index (κ2) is 29.7. The Labute approximate surface area is 763 Å². The average Bonchev–Trinajstić information content (AvgIpc) is 1.64. The highest BCUT2D eigenvalue weighted by Gasteiger charge is 2.47. The third-order valence-corrected chi connectivity index (χ3v) is 25.1. The molecule has 2 aliphatic heterocycles. The smallest absolute Gasteiger partial charge is 0.252 e. The van der Waals surface area contributed by atoms with Crippen LogP contribution in [0.3, 0.4) is 0 Å². The largest absolute Gasteiger partial charge is 0.310 e. The third-order valence-electron chi connectivity index (χ3n) is 25.1. The van der Waals surface area contributed by atoms with E-state index in [-0.39, 0.29) is 54.9 Å². The van der Waals surface area contributed by atoms with E-state index in [0.717, 1.165) is 105 Å². The Balaban J connectivity index is 1.06. The van der Waals surface area contributed by atoms with E-state index in [1.54, 1.807) is 4.57 Å². The molecule has 0 bridgehead atoms. The van der Waals surface area contributed by atoms with Gasteiger partial charge in [0, 0.05) is 83.4 Å². The summed E-state index contributed by atoms with van der Waals surface area (Å²) < 4.78 is 176. The summed E-state index contributed by atoms with van der Waals surface area (Å²) >= 11 is 0. The van der Waals surface area contributed by atoms with Gasteiger partial charge in [0.1, 0.15) is 0 Å². The molecule has 125 heavy (non-hydrogen) atoms. The van der Waals surface area contributed by atoms with Gasteiger partial charge in [-0.25, -0.2) is 15.0 Å². The van der Waals surface area contributed by atoms with Crippen molar-refractivity contribution in [3.8, 4) is 90.0 Å². The highest BCUT2D eigenvalue weighted by Crippen LogP contribution is 2.57. The summed E-state index contributed by atoms with van der Waals surface area (Å²) in [5, 5.41) is 1.79. The molecule has 18 aromatic rings. The molecule has 8 heteroatoms. The van der Waals surface area contributed by atoms with Gasteiger partial charge in [-0.15, -0.1) is 0 Å². The number of nitrogens with zero attached hydrogens (tertiary/aromatic N) is 7. The van der Waals surface area contributed by atoms with E-state index in [1.165, 1.54) is 0 Å². The Morgan fingerprint density at radius 2 is 0.608 bits per heavy atom. The number of anilines is 6. The molecule has 0 saturated carbocycles. The molecule has 0 aliphatic carbocycles. The molecule has 0 fully saturated rings. The zero-order valence-electron chi connectivity index (χ0n) is 92.0. The van der Waals surface area contributed by atoms with Crippen LogP contribution >= 0.6 is 0 Å². The van der Waals surface area contributed by atoms with Crippen LogP contribution in [0, 0.1) is 0 Å². The first-order chi connectivity index (χ1) is 67.2. The van der Waals surface area contributed by atoms with E-state index in [1.807, 2.05) is 84.9 Å². The van der Waals surface area contributed by atoms with Crippen molar-refractivity contribution in [2.75, 3.05) is 9.80 Å². The number of aromatic nitrogens is 5. The first kappa shape index (κ1) is 61.8. The topological polar surface area (TPSA) is 55.0 Å². The summed E-state index contributed by atoms with van der Waals surface area (Å²) in [5.41, 5.74) is 17.6. The van der Waals surface area contributed by atoms with Crippen LogP contribution in [0.15, 0.2) is 327 Å². The Morgan fingerprint density at radius 1 is 0.248 bits per heavy atom. The van der Waals surface area contributed by atoms with Gasteiger partial charge in [-0.2, -0.15) is 0 Å². The molecule has 20 rings (SSSR count). The Kier molecular flexibility index (Phi) is 14.7. The highest BCUT2D eigenvalue weighted by atomic mass is 15.2. The minimum absolute atomic E-state index is 0.0664. The van der Waals surface area contributed by atoms with Crippen molar-refractivity contribution in [3.05, 3.63) is 361 Å². The summed E-state index contributed by atoms with van der Waals surface area (Å²) in [6, 6.07) is 65.6. The van der Waals surface area contributed by atoms with Crippen molar-refractivity contribution in [2.45, 2.75) is 157 Å². The van der Waals surface area contributed by atoms with E-state index >= 15 is 0 Å². The molecule has 0 unspecified atom stereocenters. The fourth-order valence-electron chi connectivity index (χ4n) is 18.2. The lowest BCUT2D eigenvalue weighted by Crippen LogP contribution is -2.61. The van der Waals surface area contributed by atoms with Gasteiger partial charge in [-0.3, -0.25) is 0 Å². The lowest BCUT2D eigenvalue weighted by Gasteiger charge is -2.46. The third kappa shape index (κ3) is 14.1. The molecule has 5 heterocycles. The summed E-state index contributed by atoms with van der Waals surface area (Å²) in [5.74, 6) is -1.09. The Hall–Kier alpha value is -13.4. The SMILES string of the molecule is [2H]c1c([2H])c([2H])c(-c2nc(-c3cc(C(C)(C)C)cc(-c4ccccc4)c3N3c4cc(-c5cc(C(C)(C)C)cc(C(C)(C)C)c5)ccc4B4c5ccc(-n6c7c([2H])c([2H])c([2H])c([2H])c7c7c([2H])c([2H])c([2H])c([2H])c76)cc5N(c5c(-c6ccccc6)cc(C(C)(C)C)cc5-c5ccccc5)c5cc(-n6c7ccc(C(C)(C)C)cc7c7cc(C(C)(C)C)ccc76)cc3c54)nc(-c3c([2H])c([2H])c([2H])c([2H])c3[2H])n2)c([2H])c1[2H]. The lowest BCUT2D eigenvalue weighted by molar-refractivity contribution is 0.569. The van der Waals surface area contributed by atoms with E-state index in [0.29, 0.717) is 56.6 Å². The molecular weight excluding hydrogens is 1510 g/mol. The fourth-order valence-corrected chi connectivity index (χ4v) is 18.2. The molecule has 614 valence electrons. The molecular formula is C117H108BN7. The number of fused-ring (bicyclic) bond motifs is 10. The van der Waals surface area contributed by atoms with Crippen molar-refractivity contribution in [1.82, 2.24) is 24.1 Å².